The smallest absolute Gasteiger partial charge is 0.138 e. The molecule has 0 spiro atoms. The van der Waals surface area contributed by atoms with Gasteiger partial charge in [0.15, 0.2) is 0 Å². The second-order valence-corrected chi connectivity index (χ2v) is 30.8. The van der Waals surface area contributed by atoms with Crippen LogP contribution < -0.4 is 4.90 Å². The molecule has 0 saturated carbocycles. The summed E-state index contributed by atoms with van der Waals surface area (Å²) >= 11 is 0. The summed E-state index contributed by atoms with van der Waals surface area (Å²) in [4.78, 5) is 20.4. The number of anilines is 3. The summed E-state index contributed by atoms with van der Waals surface area (Å²) in [5.74, 6) is 0. The molecular weight excluding hydrogens is 1630 g/mol. The third-order valence-corrected chi connectivity index (χ3v) is 21.1. The van der Waals surface area contributed by atoms with Gasteiger partial charge in [-0.15, -0.1) is 42.7 Å². The molecule has 10 nitrogen and oxygen atoms in total. The first kappa shape index (κ1) is 79.3. The minimum atomic E-state index is -2.37. The van der Waals surface area contributed by atoms with E-state index >= 15 is 0 Å². The molecule has 0 aliphatic rings. The van der Waals surface area contributed by atoms with E-state index in [0.717, 1.165) is 66.6 Å². The van der Waals surface area contributed by atoms with Crippen LogP contribution in [0.3, 0.4) is 0 Å². The van der Waals surface area contributed by atoms with Gasteiger partial charge in [-0.3, -0.25) is 15.0 Å². The van der Waals surface area contributed by atoms with Crippen LogP contribution in [0.25, 0.3) is 160 Å². The van der Waals surface area contributed by atoms with Gasteiger partial charge in [0.25, 0.3) is 0 Å². The molecule has 0 amide bonds. The Bertz CT molecular complexity index is 6620. The van der Waals surface area contributed by atoms with Gasteiger partial charge in [0.2, 0.25) is 0 Å². The van der Waals surface area contributed by atoms with Crippen molar-refractivity contribution in [2.75, 3.05) is 11.0 Å². The van der Waals surface area contributed by atoms with Crippen LogP contribution in [-0.4, -0.2) is 76.0 Å². The van der Waals surface area contributed by atoms with E-state index in [1.165, 1.54) is 105 Å². The molecule has 2 unspecified atom stereocenters. The molecule has 20 rings (SSSR count). The summed E-state index contributed by atoms with van der Waals surface area (Å²) in [5, 5.41) is 34.6. The van der Waals surface area contributed by atoms with Gasteiger partial charge in [-0.1, -0.05) is 255 Å². The van der Waals surface area contributed by atoms with E-state index in [1.807, 2.05) is 73.1 Å². The molecule has 0 bridgehead atoms. The van der Waals surface area contributed by atoms with Crippen molar-refractivity contribution in [1.82, 2.24) is 24.5 Å². The number of nitrogens with one attached hydrogen (secondary N) is 1. The third-order valence-electron chi connectivity index (χ3n) is 20.5. The zero-order valence-electron chi connectivity index (χ0n) is 64.4. The van der Waals surface area contributed by atoms with Gasteiger partial charge >= 0.3 is 0 Å². The molecule has 563 valence electrons. The Morgan fingerprint density at radius 2 is 0.829 bits per heavy atom. The summed E-state index contributed by atoms with van der Waals surface area (Å²) in [6, 6.07) is 132. The first-order chi connectivity index (χ1) is 56.8. The average Bonchev–Trinajstić information content (AvgIpc) is 1.66. The van der Waals surface area contributed by atoms with Crippen molar-refractivity contribution < 1.29 is 34.7 Å². The van der Waals surface area contributed by atoms with Gasteiger partial charge < -0.3 is 29.3 Å². The Morgan fingerprint density at radius 1 is 0.402 bits per heavy atom. The van der Waals surface area contributed by atoms with Gasteiger partial charge in [-0.2, -0.15) is 0 Å². The molecule has 3 N–H and O–H groups in total. The van der Waals surface area contributed by atoms with Crippen molar-refractivity contribution in [1.29, 1.82) is 5.16 Å². The van der Waals surface area contributed by atoms with Gasteiger partial charge in [-0.25, -0.2) is 4.98 Å². The standard InChI is InChI=1S/C56H38N2.C24H16N2.C16H9N2O.C5H12O2.CH3B3NP.Ir/c1-2-16-45(17-3-1)58-55-23-9-8-20-53(55)54-38-44(30-37-56(54)58)39-24-31-46(32-25-39)57(47-33-26-42(27-34-47)51-21-10-14-40-12-4-6-18-49(40)51)48-35-28-43(29-36-48)52-22-11-15-41-13-5-7-19-50(41)52;1-3-7-17(8-4-1)19-13-15-25-23-21(19)11-12-22-20(14-16-26-24(22)23)18-9-5-2-6-10-18;1-2-6-11(7-3-1)14-16-15(18-10-17-14)12-8-4-5-9-13(12)19-16;1-4(6)3-5(2)7;2-1-6(3,4)5;/h1-38H;1-16H;1-6,8-10H;4-7H,3H2,1-2H3;5H,1H2;/q;;-1;;;. The second-order valence-electron chi connectivity index (χ2n) is 28.6. The topological polar surface area (TPSA) is 137 Å². The number of aliphatic hydroxyl groups is 2. The minimum Gasteiger partial charge on any atom is -0.462 e. The van der Waals surface area contributed by atoms with Crippen LogP contribution in [0, 0.1) is 11.2 Å². The van der Waals surface area contributed by atoms with Crippen molar-refractivity contribution in [3.05, 3.63) is 389 Å². The maximum absolute atomic E-state index is 8.56. The van der Waals surface area contributed by atoms with Gasteiger partial charge in [0, 0.05) is 87.9 Å². The molecule has 0 saturated heterocycles. The Morgan fingerprint density at radius 3 is 1.33 bits per heavy atom. The fourth-order valence-electron chi connectivity index (χ4n) is 15.1. The van der Waals surface area contributed by atoms with E-state index in [9.17, 15) is 0 Å². The zero-order valence-corrected chi connectivity index (χ0v) is 67.7. The number of benzene rings is 15. The molecular formula is C102H78B3IrN7O3P-. The van der Waals surface area contributed by atoms with Crippen LogP contribution in [0.1, 0.15) is 20.3 Å². The average molecular weight is 1710 g/mol. The van der Waals surface area contributed by atoms with Gasteiger partial charge in [0.1, 0.15) is 38.1 Å². The Balaban J connectivity index is 0.000000148. The minimum absolute atomic E-state index is 0. The molecule has 7 radical (unpaired) electrons. The maximum atomic E-state index is 8.56. The number of aromatic nitrogens is 5. The summed E-state index contributed by atoms with van der Waals surface area (Å²) in [7, 11) is 14.8. The van der Waals surface area contributed by atoms with E-state index in [1.54, 1.807) is 20.2 Å². The Labute approximate surface area is 698 Å². The van der Waals surface area contributed by atoms with E-state index in [-0.39, 0.29) is 38.4 Å². The number of hydrogen-bond acceptors (Lipinski definition) is 9. The van der Waals surface area contributed by atoms with Crippen LogP contribution in [0.15, 0.2) is 387 Å². The number of furan rings is 1. The zero-order chi connectivity index (χ0) is 79.5. The number of pyridine rings is 2. The fraction of sp³-hybridized carbons (Fsp3) is 0.0588. The van der Waals surface area contributed by atoms with Crippen molar-refractivity contribution in [3.63, 3.8) is 0 Å². The van der Waals surface area contributed by atoms with E-state index in [2.05, 4.69) is 339 Å². The number of nitrogens with zero attached hydrogens (tertiary/aromatic N) is 6. The quantitative estimate of drug-likeness (QED) is 0.0449. The summed E-state index contributed by atoms with van der Waals surface area (Å²) in [6.07, 6.45) is 5.04. The largest absolute Gasteiger partial charge is 0.462 e. The normalized spacial score (nSPS) is 11.7. The molecule has 20 aromatic rings. The monoisotopic (exact) mass is 1710 g/mol. The number of para-hydroxylation sites is 3. The first-order valence-corrected chi connectivity index (χ1v) is 40.7. The number of rotatable bonds is 13. The van der Waals surface area contributed by atoms with Crippen LogP contribution in [0.2, 0.25) is 0 Å². The van der Waals surface area contributed by atoms with Crippen LogP contribution >= 0.6 is 6.81 Å². The van der Waals surface area contributed by atoms with E-state index in [4.69, 9.17) is 42.8 Å². The molecule has 15 heteroatoms. The van der Waals surface area contributed by atoms with E-state index < -0.39 is 6.81 Å². The van der Waals surface area contributed by atoms with Gasteiger partial charge in [-0.05, 0) is 188 Å². The van der Waals surface area contributed by atoms with Crippen LogP contribution in [0.5, 0.6) is 0 Å². The van der Waals surface area contributed by atoms with Crippen LogP contribution in [-0.2, 0) is 20.1 Å². The maximum Gasteiger partial charge on any atom is 0.138 e. The molecule has 2 atom stereocenters. The molecule has 15 aromatic carbocycles. The van der Waals surface area contributed by atoms with Gasteiger partial charge in [0.05, 0.1) is 42.1 Å². The molecule has 0 aliphatic carbocycles. The van der Waals surface area contributed by atoms with Crippen molar-refractivity contribution >= 4 is 134 Å². The fourth-order valence-corrected chi connectivity index (χ4v) is 15.1. The molecule has 0 aliphatic heterocycles. The molecule has 5 heterocycles. The van der Waals surface area contributed by atoms with Crippen LogP contribution in [0.4, 0.5) is 17.1 Å². The molecule has 0 fully saturated rings. The third kappa shape index (κ3) is 17.7. The van der Waals surface area contributed by atoms with Crippen molar-refractivity contribution in [2.24, 2.45) is 0 Å². The van der Waals surface area contributed by atoms with Crippen molar-refractivity contribution in [2.45, 2.75) is 32.5 Å². The predicted molar refractivity (Wildman–Crippen MR) is 488 cm³/mol. The van der Waals surface area contributed by atoms with E-state index in [0.29, 0.717) is 12.0 Å². The first-order valence-electron chi connectivity index (χ1n) is 38.6. The molecule has 117 heavy (non-hydrogen) atoms. The summed E-state index contributed by atoms with van der Waals surface area (Å²) < 4.78 is 8.26. The SMILES string of the molecule is CC(O)CC(C)O.[B]CP([B])([B])=N.[Ir].[c-]1ccccc1-c1ncnc2c1oc1ccccc12.c1ccc(-c2ccnc3c2ccc2c(-c4ccccc4)ccnc23)cc1.c1ccc(-n2c3ccccc3c3cc(-c4ccc(N(c5ccc(-c6cccc7ccccc67)cc5)c5ccc(-c6cccc7ccccc67)cc5)cc4)ccc32)cc1. The second kappa shape index (κ2) is 36.3. The number of fused-ring (bicyclic) bond motifs is 11. The summed E-state index contributed by atoms with van der Waals surface area (Å²) in [6.45, 7) is 0.950. The number of aliphatic hydroxyl groups excluding tert-OH is 2. The molecule has 5 aromatic heterocycles. The Kier molecular flexibility index (Phi) is 24.6. The number of hydrogen-bond donors (Lipinski definition) is 3. The summed E-state index contributed by atoms with van der Waals surface area (Å²) in [5.41, 5.74) is 24.9. The van der Waals surface area contributed by atoms with Crippen molar-refractivity contribution in [3.8, 4) is 72.6 Å². The predicted octanol–water partition coefficient (Wildman–Crippen LogP) is 25.7. The Hall–Kier alpha value is -12.9.